The van der Waals surface area contributed by atoms with E-state index in [0.717, 1.165) is 44.7 Å². The Kier molecular flexibility index (Phi) is 7.22. The number of anilines is 2. The SMILES string of the molecule is Cc1ccc(NC(=O)C(=O)NC[C@H](c2ccc3c(c2)CCN3C)N2CCN(C)CC2)cc1Cl. The van der Waals surface area contributed by atoms with Crippen LogP contribution in [0.2, 0.25) is 5.02 Å². The fraction of sp³-hybridized carbons (Fsp3) is 0.440. The molecule has 0 spiro atoms. The molecule has 1 atom stereocenters. The molecule has 2 aliphatic heterocycles. The van der Waals surface area contributed by atoms with Crippen molar-refractivity contribution in [1.29, 1.82) is 0 Å². The summed E-state index contributed by atoms with van der Waals surface area (Å²) < 4.78 is 0. The maximum absolute atomic E-state index is 12.6. The molecular weight excluding hydrogens is 438 g/mol. The monoisotopic (exact) mass is 469 g/mol. The fourth-order valence-corrected chi connectivity index (χ4v) is 4.69. The zero-order valence-corrected chi connectivity index (χ0v) is 20.3. The van der Waals surface area contributed by atoms with Gasteiger partial charge in [-0.2, -0.15) is 0 Å². The molecule has 1 saturated heterocycles. The number of aryl methyl sites for hydroxylation is 1. The van der Waals surface area contributed by atoms with Crippen LogP contribution in [0.4, 0.5) is 11.4 Å². The first-order valence-corrected chi connectivity index (χ1v) is 11.8. The van der Waals surface area contributed by atoms with Gasteiger partial charge in [-0.1, -0.05) is 29.8 Å². The molecule has 2 aliphatic rings. The topological polar surface area (TPSA) is 67.9 Å². The van der Waals surface area contributed by atoms with Gasteiger partial charge in [0.1, 0.15) is 0 Å². The first-order chi connectivity index (χ1) is 15.8. The van der Waals surface area contributed by atoms with Crippen LogP contribution in [0.5, 0.6) is 0 Å². The van der Waals surface area contributed by atoms with Gasteiger partial charge in [0.15, 0.2) is 0 Å². The predicted molar refractivity (Wildman–Crippen MR) is 133 cm³/mol. The lowest BCUT2D eigenvalue weighted by Gasteiger charge is -2.38. The smallest absolute Gasteiger partial charge is 0.313 e. The highest BCUT2D eigenvalue weighted by Crippen LogP contribution is 2.31. The first kappa shape index (κ1) is 23.5. The number of nitrogens with one attached hydrogen (secondary N) is 2. The molecular formula is C25H32ClN5O2. The zero-order chi connectivity index (χ0) is 23.5. The van der Waals surface area contributed by atoms with Crippen LogP contribution in [0, 0.1) is 6.92 Å². The molecule has 1 fully saturated rings. The summed E-state index contributed by atoms with van der Waals surface area (Å²) in [5.41, 5.74) is 5.21. The van der Waals surface area contributed by atoms with Crippen LogP contribution in [0.1, 0.15) is 22.7 Å². The van der Waals surface area contributed by atoms with Gasteiger partial charge in [-0.25, -0.2) is 0 Å². The van der Waals surface area contributed by atoms with Crippen molar-refractivity contribution in [3.8, 4) is 0 Å². The van der Waals surface area contributed by atoms with Gasteiger partial charge in [0.05, 0.1) is 6.04 Å². The van der Waals surface area contributed by atoms with Gasteiger partial charge >= 0.3 is 11.8 Å². The molecule has 33 heavy (non-hydrogen) atoms. The maximum atomic E-state index is 12.6. The molecule has 8 heteroatoms. The summed E-state index contributed by atoms with van der Waals surface area (Å²) in [4.78, 5) is 32.1. The lowest BCUT2D eigenvalue weighted by molar-refractivity contribution is -0.136. The molecule has 2 amide bonds. The Balaban J connectivity index is 1.45. The lowest BCUT2D eigenvalue weighted by atomic mass is 10.00. The number of hydrogen-bond donors (Lipinski definition) is 2. The highest BCUT2D eigenvalue weighted by atomic mass is 35.5. The maximum Gasteiger partial charge on any atom is 0.313 e. The largest absolute Gasteiger partial charge is 0.374 e. The van der Waals surface area contributed by atoms with Gasteiger partial charge in [0.2, 0.25) is 0 Å². The minimum absolute atomic E-state index is 0.0143. The van der Waals surface area contributed by atoms with Crippen molar-refractivity contribution in [2.24, 2.45) is 0 Å². The van der Waals surface area contributed by atoms with Crippen LogP contribution in [-0.4, -0.2) is 75.0 Å². The molecule has 2 aromatic rings. The Morgan fingerprint density at radius 1 is 1.00 bits per heavy atom. The molecule has 0 radical (unpaired) electrons. The van der Waals surface area contributed by atoms with E-state index in [2.05, 4.69) is 57.6 Å². The van der Waals surface area contributed by atoms with Crippen molar-refractivity contribution in [2.75, 3.05) is 63.6 Å². The number of piperazine rings is 1. The summed E-state index contributed by atoms with van der Waals surface area (Å²) in [5.74, 6) is -1.34. The Hall–Kier alpha value is -2.61. The van der Waals surface area contributed by atoms with Crippen molar-refractivity contribution in [2.45, 2.75) is 19.4 Å². The van der Waals surface area contributed by atoms with Crippen LogP contribution >= 0.6 is 11.6 Å². The summed E-state index contributed by atoms with van der Waals surface area (Å²) >= 11 is 6.13. The molecule has 2 aromatic carbocycles. The second-order valence-electron chi connectivity index (χ2n) is 9.04. The molecule has 0 aromatic heterocycles. The van der Waals surface area contributed by atoms with Crippen molar-refractivity contribution >= 4 is 34.8 Å². The van der Waals surface area contributed by atoms with Crippen molar-refractivity contribution in [1.82, 2.24) is 15.1 Å². The van der Waals surface area contributed by atoms with Crippen molar-refractivity contribution < 1.29 is 9.59 Å². The zero-order valence-electron chi connectivity index (χ0n) is 19.5. The van der Waals surface area contributed by atoms with E-state index in [-0.39, 0.29) is 6.04 Å². The van der Waals surface area contributed by atoms with Crippen LogP contribution in [-0.2, 0) is 16.0 Å². The number of carbonyl (C=O) groups is 2. The van der Waals surface area contributed by atoms with Gasteiger partial charge in [-0.15, -0.1) is 0 Å². The van der Waals surface area contributed by atoms with Crippen molar-refractivity contribution in [3.05, 3.63) is 58.1 Å². The van der Waals surface area contributed by atoms with E-state index >= 15 is 0 Å². The highest BCUT2D eigenvalue weighted by molar-refractivity contribution is 6.39. The first-order valence-electron chi connectivity index (χ1n) is 11.4. The van der Waals surface area contributed by atoms with E-state index in [1.165, 1.54) is 16.8 Å². The average Bonchev–Trinajstić information content (AvgIpc) is 3.17. The summed E-state index contributed by atoms with van der Waals surface area (Å²) in [7, 11) is 4.24. The molecule has 2 heterocycles. The van der Waals surface area contributed by atoms with Crippen molar-refractivity contribution in [3.63, 3.8) is 0 Å². The Bertz CT molecular complexity index is 1040. The standard InChI is InChI=1S/C25H32ClN5O2/c1-17-4-6-20(15-21(17)26)28-25(33)24(32)27-16-23(31-12-10-29(2)11-13-31)18-5-7-22-19(14-18)8-9-30(22)3/h4-7,14-15,23H,8-13,16H2,1-3H3,(H,27,32)(H,28,33)/t23-/m1/s1. The number of carbonyl (C=O) groups excluding carboxylic acids is 2. The number of likely N-dealkylation sites (N-methyl/N-ethyl adjacent to an activating group) is 2. The van der Waals surface area contributed by atoms with E-state index in [9.17, 15) is 9.59 Å². The molecule has 7 nitrogen and oxygen atoms in total. The second-order valence-corrected chi connectivity index (χ2v) is 9.45. The molecule has 0 aliphatic carbocycles. The van der Waals surface area contributed by atoms with E-state index in [1.807, 2.05) is 13.0 Å². The van der Waals surface area contributed by atoms with E-state index < -0.39 is 11.8 Å². The number of amides is 2. The molecule has 0 unspecified atom stereocenters. The Labute approximate surface area is 200 Å². The summed E-state index contributed by atoms with van der Waals surface area (Å²) in [6, 6.07) is 11.8. The Morgan fingerprint density at radius 3 is 2.48 bits per heavy atom. The van der Waals surface area contributed by atoms with Gasteiger partial charge in [-0.05, 0) is 55.3 Å². The number of fused-ring (bicyclic) bond motifs is 1. The summed E-state index contributed by atoms with van der Waals surface area (Å²) in [6.45, 7) is 7.08. The van der Waals surface area contributed by atoms with Gasteiger partial charge in [-0.3, -0.25) is 14.5 Å². The summed E-state index contributed by atoms with van der Waals surface area (Å²) in [5, 5.41) is 6.05. The molecule has 0 saturated carbocycles. The highest BCUT2D eigenvalue weighted by Gasteiger charge is 2.27. The lowest BCUT2D eigenvalue weighted by Crippen LogP contribution is -2.49. The van der Waals surface area contributed by atoms with E-state index in [0.29, 0.717) is 17.3 Å². The van der Waals surface area contributed by atoms with Gasteiger partial charge in [0.25, 0.3) is 0 Å². The minimum Gasteiger partial charge on any atom is -0.374 e. The average molecular weight is 470 g/mol. The number of rotatable bonds is 5. The van der Waals surface area contributed by atoms with E-state index in [4.69, 9.17) is 11.6 Å². The van der Waals surface area contributed by atoms with Crippen LogP contribution in [0.25, 0.3) is 0 Å². The third-order valence-electron chi connectivity index (χ3n) is 6.69. The van der Waals surface area contributed by atoms with Gasteiger partial charge in [0, 0.05) is 62.7 Å². The predicted octanol–water partition coefficient (Wildman–Crippen LogP) is 2.68. The Morgan fingerprint density at radius 2 is 1.76 bits per heavy atom. The molecule has 2 N–H and O–H groups in total. The normalized spacial score (nSPS) is 17.5. The minimum atomic E-state index is -0.692. The molecule has 0 bridgehead atoms. The number of nitrogens with zero attached hydrogens (tertiary/aromatic N) is 3. The van der Waals surface area contributed by atoms with Crippen LogP contribution in [0.15, 0.2) is 36.4 Å². The number of benzene rings is 2. The summed E-state index contributed by atoms with van der Waals surface area (Å²) in [6.07, 6.45) is 1.03. The molecule has 176 valence electrons. The second kappa shape index (κ2) is 10.1. The molecule has 4 rings (SSSR count). The van der Waals surface area contributed by atoms with Crippen LogP contribution < -0.4 is 15.5 Å². The van der Waals surface area contributed by atoms with E-state index in [1.54, 1.807) is 12.1 Å². The van der Waals surface area contributed by atoms with Crippen LogP contribution in [0.3, 0.4) is 0 Å². The van der Waals surface area contributed by atoms with Gasteiger partial charge < -0.3 is 20.4 Å². The number of hydrogen-bond acceptors (Lipinski definition) is 5. The quantitative estimate of drug-likeness (QED) is 0.659. The number of halogens is 1. The fourth-order valence-electron chi connectivity index (χ4n) is 4.51. The third-order valence-corrected chi connectivity index (χ3v) is 7.09. The third kappa shape index (κ3) is 5.49.